The second-order valence-electron chi connectivity index (χ2n) is 7.98. The van der Waals surface area contributed by atoms with Crippen LogP contribution in [0.4, 0.5) is 5.82 Å². The van der Waals surface area contributed by atoms with Crippen LogP contribution >= 0.6 is 11.3 Å². The van der Waals surface area contributed by atoms with E-state index in [1.165, 1.54) is 16.9 Å². The van der Waals surface area contributed by atoms with Crippen LogP contribution in [0.2, 0.25) is 0 Å². The number of morpholine rings is 1. The molecule has 1 atom stereocenters. The highest BCUT2D eigenvalue weighted by atomic mass is 32.1. The Morgan fingerprint density at radius 2 is 2.21 bits per heavy atom. The summed E-state index contributed by atoms with van der Waals surface area (Å²) in [6.45, 7) is 8.35. The topological polar surface area (TPSA) is 71.5 Å². The normalized spacial score (nSPS) is 20.0. The highest BCUT2D eigenvalue weighted by Gasteiger charge is 2.28. The highest BCUT2D eigenvalue weighted by molar-refractivity contribution is 7.15. The molecule has 0 amide bonds. The smallest absolute Gasteiger partial charge is 0.173 e. The molecule has 0 bridgehead atoms. The molecule has 8 heteroatoms. The Kier molecular flexibility index (Phi) is 6.22. The molecule has 2 aliphatic heterocycles. The molecular formula is C21H29N5O2S. The van der Waals surface area contributed by atoms with Crippen LogP contribution in [0.3, 0.4) is 0 Å². The number of fused-ring (bicyclic) bond motifs is 1. The number of ketones is 1. The monoisotopic (exact) mass is 415 g/mol. The Labute approximate surface area is 176 Å². The number of hydrogen-bond acceptors (Lipinski definition) is 8. The van der Waals surface area contributed by atoms with E-state index in [9.17, 15) is 4.79 Å². The van der Waals surface area contributed by atoms with Crippen molar-refractivity contribution in [2.75, 3.05) is 38.3 Å². The fraction of sp³-hybridized carbons (Fsp3) is 0.619. The summed E-state index contributed by atoms with van der Waals surface area (Å²) >= 11 is 1.53. The number of likely N-dealkylation sites (N-methyl/N-ethyl adjacent to an activating group) is 1. The minimum Gasteiger partial charge on any atom is -0.377 e. The molecule has 0 radical (unpaired) electrons. The van der Waals surface area contributed by atoms with Crippen LogP contribution in [0, 0.1) is 0 Å². The zero-order chi connectivity index (χ0) is 20.4. The molecular weight excluding hydrogens is 386 g/mol. The standard InChI is InChI=1S/C21H29N5O2S/c1-4-5-15(27)10-19-22-11-18(29-19)20-23-17-12-25(3)7-6-16(17)21(24-20)26-8-9-28-13-14(26)2/h11,14H,4-10,12-13H2,1-3H3/t14-/m0/s1. The second kappa shape index (κ2) is 8.85. The van der Waals surface area contributed by atoms with Crippen molar-refractivity contribution in [3.63, 3.8) is 0 Å². The van der Waals surface area contributed by atoms with Crippen LogP contribution in [0.25, 0.3) is 10.7 Å². The van der Waals surface area contributed by atoms with Crippen molar-refractivity contribution in [2.24, 2.45) is 0 Å². The molecule has 0 unspecified atom stereocenters. The lowest BCUT2D eigenvalue weighted by Crippen LogP contribution is -2.45. The molecule has 0 spiro atoms. The fourth-order valence-electron chi connectivity index (χ4n) is 3.96. The van der Waals surface area contributed by atoms with Crippen LogP contribution in [0.5, 0.6) is 0 Å². The van der Waals surface area contributed by atoms with E-state index in [0.717, 1.165) is 72.9 Å². The van der Waals surface area contributed by atoms with E-state index in [0.29, 0.717) is 18.9 Å². The molecule has 29 heavy (non-hydrogen) atoms. The first-order chi connectivity index (χ1) is 14.0. The number of anilines is 1. The van der Waals surface area contributed by atoms with E-state index in [2.05, 4.69) is 28.8 Å². The lowest BCUT2D eigenvalue weighted by atomic mass is 10.0. The largest absolute Gasteiger partial charge is 0.377 e. The molecule has 0 saturated carbocycles. The van der Waals surface area contributed by atoms with E-state index >= 15 is 0 Å². The maximum absolute atomic E-state index is 12.0. The third kappa shape index (κ3) is 4.49. The number of aromatic nitrogens is 3. The minimum atomic E-state index is 0.240. The third-order valence-electron chi connectivity index (χ3n) is 5.53. The zero-order valence-corrected chi connectivity index (χ0v) is 18.3. The lowest BCUT2D eigenvalue weighted by molar-refractivity contribution is -0.118. The van der Waals surface area contributed by atoms with Crippen molar-refractivity contribution in [3.05, 3.63) is 22.5 Å². The third-order valence-corrected chi connectivity index (χ3v) is 6.52. The molecule has 1 fully saturated rings. The Bertz CT molecular complexity index is 884. The molecule has 0 aliphatic carbocycles. The van der Waals surface area contributed by atoms with Crippen molar-refractivity contribution in [3.8, 4) is 10.7 Å². The number of carbonyl (C=O) groups is 1. The number of ether oxygens (including phenoxy) is 1. The van der Waals surface area contributed by atoms with E-state index in [4.69, 9.17) is 14.7 Å². The minimum absolute atomic E-state index is 0.240. The summed E-state index contributed by atoms with van der Waals surface area (Å²) in [4.78, 5) is 32.0. The van der Waals surface area contributed by atoms with Crippen LogP contribution < -0.4 is 4.90 Å². The van der Waals surface area contributed by atoms with Crippen molar-refractivity contribution in [2.45, 2.75) is 52.1 Å². The summed E-state index contributed by atoms with van der Waals surface area (Å²) in [6.07, 6.45) is 4.67. The average Bonchev–Trinajstić information content (AvgIpc) is 3.16. The summed E-state index contributed by atoms with van der Waals surface area (Å²) in [5.41, 5.74) is 2.37. The van der Waals surface area contributed by atoms with Gasteiger partial charge in [0.05, 0.1) is 36.2 Å². The van der Waals surface area contributed by atoms with Crippen molar-refractivity contribution in [1.29, 1.82) is 0 Å². The Morgan fingerprint density at radius 1 is 1.34 bits per heavy atom. The Morgan fingerprint density at radius 3 is 3.00 bits per heavy atom. The lowest BCUT2D eigenvalue weighted by Gasteiger charge is -2.37. The van der Waals surface area contributed by atoms with Gasteiger partial charge in [0.1, 0.15) is 16.6 Å². The Hall–Kier alpha value is -1.90. The highest BCUT2D eigenvalue weighted by Crippen LogP contribution is 2.32. The molecule has 2 aromatic rings. The van der Waals surface area contributed by atoms with Gasteiger partial charge in [-0.15, -0.1) is 11.3 Å². The van der Waals surface area contributed by atoms with Gasteiger partial charge in [-0.25, -0.2) is 15.0 Å². The fourth-order valence-corrected chi connectivity index (χ4v) is 4.84. The van der Waals surface area contributed by atoms with E-state index in [1.54, 1.807) is 0 Å². The number of hydrogen-bond donors (Lipinski definition) is 0. The molecule has 0 aromatic carbocycles. The van der Waals surface area contributed by atoms with Crippen molar-refractivity contribution in [1.82, 2.24) is 19.9 Å². The van der Waals surface area contributed by atoms with Gasteiger partial charge in [0.2, 0.25) is 0 Å². The van der Waals surface area contributed by atoms with E-state index < -0.39 is 0 Å². The molecule has 4 rings (SSSR count). The van der Waals surface area contributed by atoms with Crippen molar-refractivity contribution < 1.29 is 9.53 Å². The van der Waals surface area contributed by atoms with Crippen LogP contribution in [-0.2, 0) is 28.9 Å². The number of Topliss-reactive ketones (excluding diaryl/α,β-unsaturated/α-hetero) is 1. The maximum atomic E-state index is 12.0. The van der Waals surface area contributed by atoms with Gasteiger partial charge >= 0.3 is 0 Å². The van der Waals surface area contributed by atoms with Crippen LogP contribution in [-0.4, -0.2) is 65.0 Å². The summed E-state index contributed by atoms with van der Waals surface area (Å²) in [6, 6.07) is 0.291. The van der Waals surface area contributed by atoms with Gasteiger partial charge in [0, 0.05) is 37.8 Å². The average molecular weight is 416 g/mol. The predicted octanol–water partition coefficient (Wildman–Crippen LogP) is 2.72. The molecule has 2 aliphatic rings. The van der Waals surface area contributed by atoms with Gasteiger partial charge < -0.3 is 14.5 Å². The summed E-state index contributed by atoms with van der Waals surface area (Å²) in [5, 5.41) is 0.846. The molecule has 156 valence electrons. The molecule has 0 N–H and O–H groups in total. The number of nitrogens with zero attached hydrogens (tertiary/aromatic N) is 5. The maximum Gasteiger partial charge on any atom is 0.173 e. The number of thiazole rings is 1. The van der Waals surface area contributed by atoms with Gasteiger partial charge in [-0.3, -0.25) is 4.79 Å². The molecule has 2 aromatic heterocycles. The van der Waals surface area contributed by atoms with Gasteiger partial charge in [-0.05, 0) is 26.8 Å². The Balaban J connectivity index is 1.69. The van der Waals surface area contributed by atoms with Gasteiger partial charge in [-0.2, -0.15) is 0 Å². The number of carbonyl (C=O) groups excluding carboxylic acids is 1. The quantitative estimate of drug-likeness (QED) is 0.718. The summed E-state index contributed by atoms with van der Waals surface area (Å²) in [5.74, 6) is 2.01. The molecule has 7 nitrogen and oxygen atoms in total. The first-order valence-electron chi connectivity index (χ1n) is 10.4. The molecule has 4 heterocycles. The van der Waals surface area contributed by atoms with Gasteiger partial charge in [0.15, 0.2) is 5.82 Å². The first-order valence-corrected chi connectivity index (χ1v) is 11.3. The summed E-state index contributed by atoms with van der Waals surface area (Å²) in [7, 11) is 2.13. The predicted molar refractivity (Wildman–Crippen MR) is 114 cm³/mol. The van der Waals surface area contributed by atoms with E-state index in [1.807, 2.05) is 13.1 Å². The second-order valence-corrected chi connectivity index (χ2v) is 9.10. The number of rotatable bonds is 6. The van der Waals surface area contributed by atoms with Gasteiger partial charge in [0.25, 0.3) is 0 Å². The van der Waals surface area contributed by atoms with E-state index in [-0.39, 0.29) is 5.78 Å². The zero-order valence-electron chi connectivity index (χ0n) is 17.5. The van der Waals surface area contributed by atoms with Crippen molar-refractivity contribution >= 4 is 22.9 Å². The molecule has 1 saturated heterocycles. The first kappa shape index (κ1) is 20.4. The summed E-state index contributed by atoms with van der Waals surface area (Å²) < 4.78 is 5.64. The van der Waals surface area contributed by atoms with Crippen LogP contribution in [0.15, 0.2) is 6.20 Å². The van der Waals surface area contributed by atoms with Crippen LogP contribution in [0.1, 0.15) is 43.0 Å². The SMILES string of the molecule is CCCC(=O)Cc1ncc(-c2nc3c(c(N4CCOC[C@@H]4C)n2)CCN(C)C3)s1. The van der Waals surface area contributed by atoms with Gasteiger partial charge in [-0.1, -0.05) is 6.92 Å².